The number of methoxy groups -OCH3 is 1. The molecule has 15 N–H and O–H groups in total. The number of anilines is 30. The number of nitrogens with zero attached hydrogens (tertiary/aromatic N) is 15. The van der Waals surface area contributed by atoms with E-state index in [4.69, 9.17) is 74.3 Å². The van der Waals surface area contributed by atoms with Gasteiger partial charge >= 0.3 is 0 Å². The van der Waals surface area contributed by atoms with Crippen LogP contribution in [-0.2, 0) is 0 Å². The normalized spacial score (nSPS) is 10.5. The molecule has 0 aliphatic carbocycles. The number of nitrogens with one attached hydrogen (secondary N) is 15. The number of hydrogen-bond donors (Lipinski definition) is 15. The van der Waals surface area contributed by atoms with Crippen LogP contribution in [0, 0.1) is 48.5 Å². The first-order valence-electron chi connectivity index (χ1n) is 46.9. The van der Waals surface area contributed by atoms with Gasteiger partial charge in [-0.05, 0) is 283 Å². The van der Waals surface area contributed by atoms with Crippen LogP contribution in [0.25, 0.3) is 0 Å². The van der Waals surface area contributed by atoms with Gasteiger partial charge in [0, 0.05) is 115 Å². The number of aromatic nitrogens is 15. The molecule has 37 heteroatoms. The van der Waals surface area contributed by atoms with Crippen molar-refractivity contribution >= 4 is 244 Å². The van der Waals surface area contributed by atoms with Gasteiger partial charge in [-0.25, -0.2) is 0 Å². The van der Waals surface area contributed by atoms with Gasteiger partial charge in [0.05, 0.1) is 7.11 Å². The summed E-state index contributed by atoms with van der Waals surface area (Å²) in [5.74, 6) is 6.82. The van der Waals surface area contributed by atoms with E-state index in [2.05, 4.69) is 174 Å². The van der Waals surface area contributed by atoms with E-state index in [1.807, 2.05) is 326 Å². The second kappa shape index (κ2) is 52.1. The largest absolute Gasteiger partial charge is 0.497 e. The predicted octanol–water partition coefficient (Wildman–Crippen LogP) is 31.6. The highest BCUT2D eigenvalue weighted by molar-refractivity contribution is 6.32. The fourth-order valence-electron chi connectivity index (χ4n) is 14.1. The highest BCUT2D eigenvalue weighted by Crippen LogP contribution is 2.34. The van der Waals surface area contributed by atoms with E-state index in [1.54, 1.807) is 79.9 Å². The van der Waals surface area contributed by atoms with E-state index in [0.29, 0.717) is 119 Å². The van der Waals surface area contributed by atoms with Crippen LogP contribution in [0.4, 0.5) is 175 Å². The van der Waals surface area contributed by atoms with Crippen molar-refractivity contribution in [3.05, 3.63) is 439 Å². The van der Waals surface area contributed by atoms with Crippen LogP contribution >= 0.6 is 69.6 Å². The van der Waals surface area contributed by atoms with Gasteiger partial charge < -0.3 is 84.5 Å². The molecule has 20 aromatic rings. The van der Waals surface area contributed by atoms with Crippen molar-refractivity contribution in [2.24, 2.45) is 0 Å². The average molecular weight is 2110 g/mol. The van der Waals surface area contributed by atoms with Gasteiger partial charge in [-0.1, -0.05) is 245 Å². The van der Waals surface area contributed by atoms with Crippen LogP contribution in [0.2, 0.25) is 30.1 Å². The summed E-state index contributed by atoms with van der Waals surface area (Å²) in [6, 6.07) is 117. The van der Waals surface area contributed by atoms with E-state index in [0.717, 1.165) is 119 Å². The summed E-state index contributed by atoms with van der Waals surface area (Å²) >= 11 is 36.5. The molecule has 150 heavy (non-hydrogen) atoms. The summed E-state index contributed by atoms with van der Waals surface area (Å²) in [4.78, 5) is 67.6. The number of hydrogen-bond acceptors (Lipinski definition) is 31. The second-order valence-corrected chi connectivity index (χ2v) is 36.0. The zero-order valence-corrected chi connectivity index (χ0v) is 86.6. The molecule has 0 unspecified atom stereocenters. The van der Waals surface area contributed by atoms with Gasteiger partial charge in [0.25, 0.3) is 0 Å². The Bertz CT molecular complexity index is 7630. The zero-order valence-electron chi connectivity index (χ0n) is 82.1. The summed E-state index contributed by atoms with van der Waals surface area (Å²) in [5.41, 5.74) is 20.7. The van der Waals surface area contributed by atoms with E-state index < -0.39 is 0 Å². The Morgan fingerprint density at radius 2 is 0.327 bits per heavy atom. The molecule has 20 rings (SSSR count). The van der Waals surface area contributed by atoms with Gasteiger partial charge in [0.2, 0.25) is 89.2 Å². The van der Waals surface area contributed by atoms with E-state index in [-0.39, 0.29) is 0 Å². The minimum atomic E-state index is 0.345. The molecule has 0 radical (unpaired) electrons. The van der Waals surface area contributed by atoms with Crippen molar-refractivity contribution in [2.45, 2.75) is 48.5 Å². The Morgan fingerprint density at radius 3 is 0.533 bits per heavy atom. The van der Waals surface area contributed by atoms with Gasteiger partial charge in [0.15, 0.2) is 0 Å². The number of rotatable bonds is 31. The Hall–Kier alpha value is -18.1. The van der Waals surface area contributed by atoms with Crippen molar-refractivity contribution in [1.29, 1.82) is 0 Å². The standard InChI is InChI=1S/2C24H24N6.C22H18Cl2N6O.C22H18Cl2N6.C21H16Cl2N6/c1-16-9-8-12-19(15-16)25-22-28-23(26-20-13-6-4-10-17(20)2)30-24(29-22)27-21-14-7-5-11-18(21)3;1-16-12-14-19(15-13-16)25-22-28-23(26-20-10-6-4-8-17(20)2)30-24(29-22)27-21-11-7-5-9-18(21)3;1-31-19-10-8-16(9-11-19)25-20-28-21(26-17-6-2-4-14(23)12-17)30-22(29-20)27-18-7-3-5-15(24)13-18;1-14-8-10-17(11-9-14)25-20-28-21(26-18-6-2-4-15(23)12-18)30-22(29-20)27-19-7-3-5-16(24)13-19;22-14-6-4-10-17(12-14)25-20-27-19(24-16-8-2-1-3-9-16)28-21(29-20)26-18-11-5-7-15(23)13-18/h2*4-15H,1-3H3,(H3,25,26,27,28,29,30);2-13H,1H3,(H3,25,26,27,28,29,30);2-13H,1H3,(H3,25,26,27,28,29,30);1-13H,(H3,24,25,26,27,28,29). The molecule has 0 saturated carbocycles. The lowest BCUT2D eigenvalue weighted by atomic mass is 10.2. The number of aryl methyl sites for hydroxylation is 7. The minimum absolute atomic E-state index is 0.345. The molecule has 5 aromatic heterocycles. The predicted molar refractivity (Wildman–Crippen MR) is 615 cm³/mol. The summed E-state index contributed by atoms with van der Waals surface area (Å²) in [6.07, 6.45) is 0. The first kappa shape index (κ1) is 105. The lowest BCUT2D eigenvalue weighted by Gasteiger charge is -2.13. The Kier molecular flexibility index (Phi) is 36.4. The van der Waals surface area contributed by atoms with Crippen LogP contribution < -0.4 is 84.5 Å². The topological polar surface area (TPSA) is 383 Å². The summed E-state index contributed by atoms with van der Waals surface area (Å²) in [7, 11) is 1.62. The molecule has 0 atom stereocenters. The number of para-hydroxylation sites is 5. The number of ether oxygens (including phenoxy) is 1. The molecule has 0 fully saturated rings. The van der Waals surface area contributed by atoms with E-state index in [9.17, 15) is 0 Å². The molecule has 15 aromatic carbocycles. The molecule has 31 nitrogen and oxygen atoms in total. The molecular formula is C113H100Cl6N30O. The molecule has 0 saturated heterocycles. The van der Waals surface area contributed by atoms with Gasteiger partial charge in [-0.15, -0.1) is 0 Å². The molecule has 0 amide bonds. The fraction of sp³-hybridized carbons (Fsp3) is 0.0708. The van der Waals surface area contributed by atoms with Crippen molar-refractivity contribution in [3.8, 4) is 5.75 Å². The third kappa shape index (κ3) is 33.0. The van der Waals surface area contributed by atoms with Crippen molar-refractivity contribution in [3.63, 3.8) is 0 Å². The smallest absolute Gasteiger partial charge is 0.233 e. The van der Waals surface area contributed by atoms with Gasteiger partial charge in [-0.3, -0.25) is 0 Å². The maximum absolute atomic E-state index is 6.09. The summed E-state index contributed by atoms with van der Waals surface area (Å²) in [5, 5.41) is 52.0. The summed E-state index contributed by atoms with van der Waals surface area (Å²) < 4.78 is 5.20. The minimum Gasteiger partial charge on any atom is -0.497 e. The Morgan fingerprint density at radius 1 is 0.153 bits per heavy atom. The van der Waals surface area contributed by atoms with Crippen molar-refractivity contribution in [2.75, 3.05) is 86.9 Å². The molecule has 750 valence electrons. The maximum atomic E-state index is 6.09. The molecule has 5 heterocycles. The fourth-order valence-corrected chi connectivity index (χ4v) is 15.2. The zero-order chi connectivity index (χ0) is 104. The highest BCUT2D eigenvalue weighted by Gasteiger charge is 2.18. The third-order valence-corrected chi connectivity index (χ3v) is 22.9. The van der Waals surface area contributed by atoms with Crippen LogP contribution in [-0.4, -0.2) is 81.9 Å². The first-order chi connectivity index (χ1) is 72.9. The van der Waals surface area contributed by atoms with E-state index >= 15 is 0 Å². The Labute approximate surface area is 897 Å². The van der Waals surface area contributed by atoms with Crippen molar-refractivity contribution in [1.82, 2.24) is 74.8 Å². The highest BCUT2D eigenvalue weighted by atomic mass is 35.5. The Balaban J connectivity index is 0.000000133. The van der Waals surface area contributed by atoms with E-state index in [1.165, 1.54) is 11.1 Å². The molecular weight excluding hydrogens is 2010 g/mol. The number of benzene rings is 15. The number of halogens is 6. The lowest BCUT2D eigenvalue weighted by molar-refractivity contribution is 0.415. The monoisotopic (exact) mass is 2100 g/mol. The lowest BCUT2D eigenvalue weighted by Crippen LogP contribution is -2.08. The van der Waals surface area contributed by atoms with Crippen LogP contribution in [0.5, 0.6) is 5.75 Å². The SMILES string of the molecule is COc1ccc(Nc2nc(Nc3cccc(Cl)c3)nc(Nc3cccc(Cl)c3)n2)cc1.Cc1ccc(Nc2nc(Nc3cccc(Cl)c3)nc(Nc3cccc(Cl)c3)n2)cc1.Cc1ccc(Nc2nc(Nc3ccccc3C)nc(Nc3ccccc3C)n2)cc1.Cc1cccc(Nc2nc(Nc3ccccc3C)nc(Nc3ccccc3C)n2)c1.Clc1cccc(Nc2nc(Nc3ccccc3)nc(Nc3cccc(Cl)c3)n2)c1. The molecule has 0 spiro atoms. The average Bonchev–Trinajstić information content (AvgIpc) is 0.838. The van der Waals surface area contributed by atoms with Crippen LogP contribution in [0.3, 0.4) is 0 Å². The molecule has 0 bridgehead atoms. The maximum Gasteiger partial charge on any atom is 0.233 e. The van der Waals surface area contributed by atoms with Gasteiger partial charge in [0.1, 0.15) is 5.75 Å². The van der Waals surface area contributed by atoms with Crippen molar-refractivity contribution < 1.29 is 4.74 Å². The third-order valence-electron chi connectivity index (χ3n) is 21.5. The summed E-state index contributed by atoms with van der Waals surface area (Å²) in [6.45, 7) is 14.3. The second-order valence-electron chi connectivity index (χ2n) is 33.4. The quantitative estimate of drug-likeness (QED) is 0.0192. The first-order valence-corrected chi connectivity index (χ1v) is 49.2. The molecule has 0 aliphatic rings. The molecule has 0 aliphatic heterocycles. The van der Waals surface area contributed by atoms with Gasteiger partial charge in [-0.2, -0.15) is 74.8 Å². The van der Waals surface area contributed by atoms with Crippen LogP contribution in [0.15, 0.2) is 370 Å². The van der Waals surface area contributed by atoms with Crippen LogP contribution in [0.1, 0.15) is 38.9 Å².